The lowest BCUT2D eigenvalue weighted by molar-refractivity contribution is -0.130. The quantitative estimate of drug-likeness (QED) is 0.714. The van der Waals surface area contributed by atoms with Crippen molar-refractivity contribution in [1.82, 2.24) is 10.2 Å². The van der Waals surface area contributed by atoms with Gasteiger partial charge in [-0.3, -0.25) is 4.79 Å². The van der Waals surface area contributed by atoms with Gasteiger partial charge < -0.3 is 10.2 Å². The fraction of sp³-hybridized carbons (Fsp3) is 0.909. The molecule has 2 rings (SSSR count). The zero-order valence-corrected chi connectivity index (χ0v) is 9.18. The molecular weight excluding hydrogens is 176 g/mol. The van der Waals surface area contributed by atoms with E-state index in [1.54, 1.807) is 0 Å². The van der Waals surface area contributed by atoms with Crippen LogP contribution < -0.4 is 5.32 Å². The number of carbonyl (C=O) groups excluding carboxylic acids is 1. The molecule has 1 heterocycles. The average molecular weight is 196 g/mol. The van der Waals surface area contributed by atoms with Gasteiger partial charge in [-0.1, -0.05) is 6.92 Å². The first-order valence-electron chi connectivity index (χ1n) is 5.66. The van der Waals surface area contributed by atoms with Crippen molar-refractivity contribution in [3.63, 3.8) is 0 Å². The number of hydrogen-bond acceptors (Lipinski definition) is 2. The summed E-state index contributed by atoms with van der Waals surface area (Å²) in [5.41, 5.74) is 0.491. The zero-order chi connectivity index (χ0) is 10.2. The lowest BCUT2D eigenvalue weighted by Crippen LogP contribution is -2.36. The van der Waals surface area contributed by atoms with Crippen LogP contribution in [0.1, 0.15) is 32.6 Å². The van der Waals surface area contributed by atoms with Crippen LogP contribution in [0.15, 0.2) is 0 Å². The summed E-state index contributed by atoms with van der Waals surface area (Å²) in [7, 11) is 1.97. The van der Waals surface area contributed by atoms with Crippen LogP contribution in [0.2, 0.25) is 0 Å². The van der Waals surface area contributed by atoms with Gasteiger partial charge >= 0.3 is 0 Å². The second-order valence-corrected chi connectivity index (χ2v) is 4.69. The Balaban J connectivity index is 1.93. The predicted octanol–water partition coefficient (Wildman–Crippen LogP) is 0.997. The van der Waals surface area contributed by atoms with Crippen LogP contribution in [0.5, 0.6) is 0 Å². The molecule has 1 atom stereocenters. The standard InChI is InChI=1S/C11H20N2O/c1-3-10(14)13(2)9-8-11(9)4-6-12-7-5-11/h9,12H,3-8H2,1-2H3. The molecule has 1 saturated heterocycles. The molecule has 80 valence electrons. The number of piperidine rings is 1. The molecule has 1 saturated carbocycles. The summed E-state index contributed by atoms with van der Waals surface area (Å²) in [5.74, 6) is 0.297. The van der Waals surface area contributed by atoms with E-state index in [1.807, 2.05) is 18.9 Å². The molecule has 0 radical (unpaired) electrons. The van der Waals surface area contributed by atoms with Crippen molar-refractivity contribution in [2.45, 2.75) is 38.6 Å². The molecule has 2 aliphatic rings. The minimum atomic E-state index is 0.297. The van der Waals surface area contributed by atoms with Crippen molar-refractivity contribution in [3.05, 3.63) is 0 Å². The van der Waals surface area contributed by atoms with Gasteiger partial charge in [-0.15, -0.1) is 0 Å². The molecule has 1 aliphatic heterocycles. The summed E-state index contributed by atoms with van der Waals surface area (Å²) in [6, 6.07) is 0.539. The van der Waals surface area contributed by atoms with Crippen LogP contribution in [0.4, 0.5) is 0 Å². The smallest absolute Gasteiger partial charge is 0.222 e. The molecule has 3 heteroatoms. The lowest BCUT2D eigenvalue weighted by Gasteiger charge is -2.27. The summed E-state index contributed by atoms with van der Waals surface area (Å²) >= 11 is 0. The highest BCUT2D eigenvalue weighted by atomic mass is 16.2. The first-order valence-corrected chi connectivity index (χ1v) is 5.66. The largest absolute Gasteiger partial charge is 0.342 e. The van der Waals surface area contributed by atoms with Crippen molar-refractivity contribution < 1.29 is 4.79 Å². The molecule has 1 unspecified atom stereocenters. The molecule has 0 aromatic carbocycles. The third kappa shape index (κ3) is 1.54. The Bertz CT molecular complexity index is 233. The van der Waals surface area contributed by atoms with E-state index in [0.29, 0.717) is 23.8 Å². The Kier molecular flexibility index (Phi) is 2.52. The van der Waals surface area contributed by atoms with Gasteiger partial charge in [0.15, 0.2) is 0 Å². The maximum atomic E-state index is 11.5. The fourth-order valence-corrected chi connectivity index (χ4v) is 2.76. The summed E-state index contributed by atoms with van der Waals surface area (Å²) in [6.45, 7) is 4.20. The first kappa shape index (κ1) is 9.97. The molecule has 2 fully saturated rings. The van der Waals surface area contributed by atoms with Crippen molar-refractivity contribution in [2.75, 3.05) is 20.1 Å². The Morgan fingerprint density at radius 1 is 1.50 bits per heavy atom. The van der Waals surface area contributed by atoms with Crippen molar-refractivity contribution in [1.29, 1.82) is 0 Å². The number of nitrogens with one attached hydrogen (secondary N) is 1. The monoisotopic (exact) mass is 196 g/mol. The molecular formula is C11H20N2O. The lowest BCUT2D eigenvalue weighted by atomic mass is 9.93. The van der Waals surface area contributed by atoms with E-state index in [1.165, 1.54) is 19.3 Å². The van der Waals surface area contributed by atoms with E-state index >= 15 is 0 Å². The topological polar surface area (TPSA) is 32.3 Å². The third-order valence-corrected chi connectivity index (χ3v) is 3.91. The van der Waals surface area contributed by atoms with Gasteiger partial charge in [0.25, 0.3) is 0 Å². The highest BCUT2D eigenvalue weighted by Crippen LogP contribution is 2.55. The van der Waals surface area contributed by atoms with Crippen LogP contribution in [0.3, 0.4) is 0 Å². The van der Waals surface area contributed by atoms with Crippen LogP contribution in [-0.2, 0) is 4.79 Å². The van der Waals surface area contributed by atoms with E-state index in [4.69, 9.17) is 0 Å². The summed E-state index contributed by atoms with van der Waals surface area (Å²) in [6.07, 6.45) is 4.37. The molecule has 0 aromatic heterocycles. The molecule has 14 heavy (non-hydrogen) atoms. The number of nitrogens with zero attached hydrogens (tertiary/aromatic N) is 1. The van der Waals surface area contributed by atoms with E-state index in [2.05, 4.69) is 5.32 Å². The van der Waals surface area contributed by atoms with Crippen LogP contribution in [0.25, 0.3) is 0 Å². The van der Waals surface area contributed by atoms with Crippen molar-refractivity contribution in [3.8, 4) is 0 Å². The Hall–Kier alpha value is -0.570. The third-order valence-electron chi connectivity index (χ3n) is 3.91. The highest BCUT2D eigenvalue weighted by Gasteiger charge is 2.56. The second kappa shape index (κ2) is 3.54. The van der Waals surface area contributed by atoms with Gasteiger partial charge in [-0.05, 0) is 37.8 Å². The number of carbonyl (C=O) groups is 1. The van der Waals surface area contributed by atoms with E-state index in [9.17, 15) is 4.79 Å². The minimum Gasteiger partial charge on any atom is -0.342 e. The second-order valence-electron chi connectivity index (χ2n) is 4.69. The van der Waals surface area contributed by atoms with Gasteiger partial charge in [-0.25, -0.2) is 0 Å². The zero-order valence-electron chi connectivity index (χ0n) is 9.18. The Morgan fingerprint density at radius 2 is 2.14 bits per heavy atom. The molecule has 0 bridgehead atoms. The highest BCUT2D eigenvalue weighted by molar-refractivity contribution is 5.76. The summed E-state index contributed by atoms with van der Waals surface area (Å²) in [5, 5.41) is 3.38. The predicted molar refractivity (Wildman–Crippen MR) is 56.0 cm³/mol. The number of hydrogen-bond donors (Lipinski definition) is 1. The van der Waals surface area contributed by atoms with Crippen LogP contribution in [-0.4, -0.2) is 37.0 Å². The van der Waals surface area contributed by atoms with Gasteiger partial charge in [0, 0.05) is 19.5 Å². The Morgan fingerprint density at radius 3 is 2.71 bits per heavy atom. The molecule has 1 N–H and O–H groups in total. The number of rotatable bonds is 2. The van der Waals surface area contributed by atoms with E-state index in [-0.39, 0.29) is 0 Å². The van der Waals surface area contributed by atoms with E-state index in [0.717, 1.165) is 13.1 Å². The fourth-order valence-electron chi connectivity index (χ4n) is 2.76. The van der Waals surface area contributed by atoms with Crippen molar-refractivity contribution in [2.24, 2.45) is 5.41 Å². The summed E-state index contributed by atoms with van der Waals surface area (Å²) < 4.78 is 0. The average Bonchev–Trinajstić information content (AvgIpc) is 2.91. The van der Waals surface area contributed by atoms with Crippen molar-refractivity contribution >= 4 is 5.91 Å². The van der Waals surface area contributed by atoms with Crippen LogP contribution >= 0.6 is 0 Å². The van der Waals surface area contributed by atoms with Gasteiger partial charge in [0.2, 0.25) is 5.91 Å². The number of amides is 1. The molecule has 1 spiro atoms. The molecule has 3 nitrogen and oxygen atoms in total. The maximum absolute atomic E-state index is 11.5. The van der Waals surface area contributed by atoms with Crippen LogP contribution in [0, 0.1) is 5.41 Å². The first-order chi connectivity index (χ1) is 6.69. The van der Waals surface area contributed by atoms with Gasteiger partial charge in [0.1, 0.15) is 0 Å². The molecule has 0 aromatic rings. The summed E-state index contributed by atoms with van der Waals surface area (Å²) in [4.78, 5) is 13.5. The SMILES string of the molecule is CCC(=O)N(C)C1CC12CCNCC2. The normalized spacial score (nSPS) is 28.9. The maximum Gasteiger partial charge on any atom is 0.222 e. The van der Waals surface area contributed by atoms with E-state index < -0.39 is 0 Å². The molecule has 1 aliphatic carbocycles. The Labute approximate surface area is 85.8 Å². The minimum absolute atomic E-state index is 0.297. The molecule has 1 amide bonds. The van der Waals surface area contributed by atoms with Gasteiger partial charge in [-0.2, -0.15) is 0 Å². The van der Waals surface area contributed by atoms with Gasteiger partial charge in [0.05, 0.1) is 0 Å².